The molecule has 0 aromatic heterocycles. The Morgan fingerprint density at radius 3 is 2.36 bits per heavy atom. The van der Waals surface area contributed by atoms with Crippen molar-refractivity contribution in [3.63, 3.8) is 0 Å². The highest BCUT2D eigenvalue weighted by Gasteiger charge is 2.24. The highest BCUT2D eigenvalue weighted by molar-refractivity contribution is 6.31. The lowest BCUT2D eigenvalue weighted by molar-refractivity contribution is -0.123. The van der Waals surface area contributed by atoms with Gasteiger partial charge in [0.05, 0.1) is 6.21 Å². The van der Waals surface area contributed by atoms with E-state index >= 15 is 0 Å². The number of hydrogen-bond donors (Lipinski definition) is 2. The van der Waals surface area contributed by atoms with Crippen molar-refractivity contribution in [3.8, 4) is 0 Å². The lowest BCUT2D eigenvalue weighted by Gasteiger charge is -2.20. The van der Waals surface area contributed by atoms with Crippen molar-refractivity contribution in [3.05, 3.63) is 64.7 Å². The first-order valence-corrected chi connectivity index (χ1v) is 9.32. The summed E-state index contributed by atoms with van der Waals surface area (Å²) < 4.78 is 0. The van der Waals surface area contributed by atoms with Crippen LogP contribution in [-0.2, 0) is 4.79 Å². The molecule has 0 bridgehead atoms. The van der Waals surface area contributed by atoms with E-state index < -0.39 is 6.04 Å². The van der Waals surface area contributed by atoms with Gasteiger partial charge in [-0.2, -0.15) is 5.10 Å². The zero-order chi connectivity index (χ0) is 20.7. The van der Waals surface area contributed by atoms with Gasteiger partial charge in [0.25, 0.3) is 11.8 Å². The molecule has 0 aliphatic rings. The van der Waals surface area contributed by atoms with E-state index in [1.165, 1.54) is 0 Å². The number of carbonyl (C=O) groups is 2. The first-order chi connectivity index (χ1) is 13.3. The maximum atomic E-state index is 12.5. The summed E-state index contributed by atoms with van der Waals surface area (Å²) in [6.07, 6.45) is 1.56. The van der Waals surface area contributed by atoms with Gasteiger partial charge < -0.3 is 10.2 Å². The van der Waals surface area contributed by atoms with Crippen LogP contribution in [0.3, 0.4) is 0 Å². The number of carbonyl (C=O) groups excluding carboxylic acids is 2. The number of hydrogen-bond acceptors (Lipinski definition) is 4. The van der Waals surface area contributed by atoms with Crippen molar-refractivity contribution in [2.24, 2.45) is 11.0 Å². The number of amides is 2. The summed E-state index contributed by atoms with van der Waals surface area (Å²) in [5, 5.41) is 7.20. The summed E-state index contributed by atoms with van der Waals surface area (Å²) in [5.41, 5.74) is 4.83. The fraction of sp³-hybridized carbons (Fsp3) is 0.286. The fourth-order valence-corrected chi connectivity index (χ4v) is 2.68. The fourth-order valence-electron chi connectivity index (χ4n) is 2.49. The number of nitrogens with one attached hydrogen (secondary N) is 2. The van der Waals surface area contributed by atoms with Gasteiger partial charge in [-0.15, -0.1) is 0 Å². The molecule has 0 saturated carbocycles. The number of benzene rings is 2. The first-order valence-electron chi connectivity index (χ1n) is 8.94. The van der Waals surface area contributed by atoms with E-state index in [4.69, 9.17) is 11.6 Å². The molecule has 2 N–H and O–H groups in total. The SMILES string of the molecule is CC(C)C(NC(=O)c1cccc(Cl)c1)C(=O)NN=Cc1ccc(N(C)C)cc1. The summed E-state index contributed by atoms with van der Waals surface area (Å²) in [6, 6.07) is 13.6. The molecule has 0 spiro atoms. The summed E-state index contributed by atoms with van der Waals surface area (Å²) in [6.45, 7) is 3.71. The molecule has 0 heterocycles. The average molecular weight is 401 g/mol. The third-order valence-corrected chi connectivity index (χ3v) is 4.36. The van der Waals surface area contributed by atoms with Crippen molar-refractivity contribution in [1.29, 1.82) is 0 Å². The van der Waals surface area contributed by atoms with Crippen molar-refractivity contribution in [2.45, 2.75) is 19.9 Å². The van der Waals surface area contributed by atoms with Gasteiger partial charge in [-0.25, -0.2) is 5.43 Å². The molecule has 1 atom stereocenters. The van der Waals surface area contributed by atoms with E-state index in [2.05, 4.69) is 15.8 Å². The molecule has 0 aliphatic heterocycles. The number of hydrazone groups is 1. The van der Waals surface area contributed by atoms with Crippen molar-refractivity contribution in [2.75, 3.05) is 19.0 Å². The standard InChI is InChI=1S/C21H25ClN4O2/c1-14(2)19(24-20(27)16-6-5-7-17(22)12-16)21(28)25-23-13-15-8-10-18(11-9-15)26(3)4/h5-14,19H,1-4H3,(H,24,27)(H,25,28). The zero-order valence-corrected chi connectivity index (χ0v) is 17.2. The van der Waals surface area contributed by atoms with Gasteiger partial charge in [-0.3, -0.25) is 9.59 Å². The number of nitrogens with zero attached hydrogens (tertiary/aromatic N) is 2. The zero-order valence-electron chi connectivity index (χ0n) is 16.4. The van der Waals surface area contributed by atoms with Gasteiger partial charge in [0, 0.05) is 30.4 Å². The Balaban J connectivity index is 1.99. The van der Waals surface area contributed by atoms with E-state index in [0.717, 1.165) is 11.3 Å². The van der Waals surface area contributed by atoms with Crippen molar-refractivity contribution in [1.82, 2.24) is 10.7 Å². The predicted molar refractivity (Wildman–Crippen MR) is 114 cm³/mol. The lowest BCUT2D eigenvalue weighted by atomic mass is 10.0. The molecule has 2 rings (SSSR count). The van der Waals surface area contributed by atoms with Gasteiger partial charge in [-0.05, 0) is 41.8 Å². The topological polar surface area (TPSA) is 73.8 Å². The second-order valence-corrected chi connectivity index (χ2v) is 7.36. The molecular weight excluding hydrogens is 376 g/mol. The quantitative estimate of drug-likeness (QED) is 0.553. The molecule has 0 fully saturated rings. The minimum Gasteiger partial charge on any atom is -0.378 e. The van der Waals surface area contributed by atoms with Gasteiger partial charge in [-0.1, -0.05) is 43.6 Å². The molecule has 0 aliphatic carbocycles. The van der Waals surface area contributed by atoms with Crippen LogP contribution in [0.1, 0.15) is 29.8 Å². The Morgan fingerprint density at radius 1 is 1.11 bits per heavy atom. The highest BCUT2D eigenvalue weighted by Crippen LogP contribution is 2.12. The van der Waals surface area contributed by atoms with Crippen LogP contribution < -0.4 is 15.6 Å². The minimum atomic E-state index is -0.722. The number of anilines is 1. The second-order valence-electron chi connectivity index (χ2n) is 6.93. The number of rotatable bonds is 7. The molecule has 1 unspecified atom stereocenters. The lowest BCUT2D eigenvalue weighted by Crippen LogP contribution is -2.48. The molecule has 148 valence electrons. The average Bonchev–Trinajstić information content (AvgIpc) is 2.65. The van der Waals surface area contributed by atoms with E-state index in [-0.39, 0.29) is 17.7 Å². The van der Waals surface area contributed by atoms with Crippen molar-refractivity contribution < 1.29 is 9.59 Å². The van der Waals surface area contributed by atoms with Crippen LogP contribution in [0.15, 0.2) is 53.6 Å². The maximum Gasteiger partial charge on any atom is 0.262 e. The second kappa shape index (κ2) is 9.90. The van der Waals surface area contributed by atoms with Crippen LogP contribution in [-0.4, -0.2) is 38.2 Å². The Labute approximate surface area is 170 Å². The molecule has 0 radical (unpaired) electrons. The number of halogens is 1. The molecular formula is C21H25ClN4O2. The van der Waals surface area contributed by atoms with Crippen LogP contribution in [0, 0.1) is 5.92 Å². The van der Waals surface area contributed by atoms with E-state index in [0.29, 0.717) is 10.6 Å². The minimum absolute atomic E-state index is 0.113. The summed E-state index contributed by atoms with van der Waals surface area (Å²) in [7, 11) is 3.93. The Kier molecular flexibility index (Phi) is 7.58. The molecule has 0 saturated heterocycles. The van der Waals surface area contributed by atoms with Crippen LogP contribution in [0.25, 0.3) is 0 Å². The predicted octanol–water partition coefficient (Wildman–Crippen LogP) is 3.31. The van der Waals surface area contributed by atoms with Crippen molar-refractivity contribution >= 4 is 35.3 Å². The normalized spacial score (nSPS) is 12.1. The Morgan fingerprint density at radius 2 is 1.79 bits per heavy atom. The van der Waals surface area contributed by atoms with E-state index in [9.17, 15) is 9.59 Å². The van der Waals surface area contributed by atoms with Gasteiger partial charge in [0.2, 0.25) is 0 Å². The largest absolute Gasteiger partial charge is 0.378 e. The van der Waals surface area contributed by atoms with Crippen LogP contribution >= 0.6 is 11.6 Å². The van der Waals surface area contributed by atoms with E-state index in [1.54, 1.807) is 30.5 Å². The monoisotopic (exact) mass is 400 g/mol. The van der Waals surface area contributed by atoms with Crippen LogP contribution in [0.5, 0.6) is 0 Å². The third kappa shape index (κ3) is 6.09. The smallest absolute Gasteiger partial charge is 0.262 e. The molecule has 28 heavy (non-hydrogen) atoms. The molecule has 2 aromatic carbocycles. The van der Waals surface area contributed by atoms with E-state index in [1.807, 2.05) is 57.1 Å². The summed E-state index contributed by atoms with van der Waals surface area (Å²) >= 11 is 5.92. The Bertz CT molecular complexity index is 848. The Hall–Kier alpha value is -2.86. The van der Waals surface area contributed by atoms with Gasteiger partial charge >= 0.3 is 0 Å². The van der Waals surface area contributed by atoms with Crippen LogP contribution in [0.2, 0.25) is 5.02 Å². The highest BCUT2D eigenvalue weighted by atomic mass is 35.5. The summed E-state index contributed by atoms with van der Waals surface area (Å²) in [5.74, 6) is -0.858. The first kappa shape index (κ1) is 21.4. The maximum absolute atomic E-state index is 12.5. The molecule has 6 nitrogen and oxygen atoms in total. The van der Waals surface area contributed by atoms with Gasteiger partial charge in [0.1, 0.15) is 6.04 Å². The van der Waals surface area contributed by atoms with Crippen LogP contribution in [0.4, 0.5) is 5.69 Å². The van der Waals surface area contributed by atoms with Gasteiger partial charge in [0.15, 0.2) is 0 Å². The molecule has 7 heteroatoms. The molecule has 2 amide bonds. The third-order valence-electron chi connectivity index (χ3n) is 4.12. The molecule has 2 aromatic rings. The summed E-state index contributed by atoms with van der Waals surface area (Å²) in [4.78, 5) is 26.9.